The van der Waals surface area contributed by atoms with Gasteiger partial charge in [-0.2, -0.15) is 4.37 Å². The van der Waals surface area contributed by atoms with Crippen molar-refractivity contribution in [2.75, 3.05) is 11.9 Å². The molecule has 0 amide bonds. The molecule has 6 heteroatoms. The number of anilines is 1. The Balaban J connectivity index is 1.86. The molecule has 1 heterocycles. The van der Waals surface area contributed by atoms with Gasteiger partial charge in [-0.3, -0.25) is 0 Å². The van der Waals surface area contributed by atoms with Crippen LogP contribution in [0.1, 0.15) is 31.2 Å². The van der Waals surface area contributed by atoms with Gasteiger partial charge in [0.05, 0.1) is 0 Å². The van der Waals surface area contributed by atoms with E-state index in [2.05, 4.69) is 21.6 Å². The highest BCUT2D eigenvalue weighted by Gasteiger charge is 2.06. The lowest BCUT2D eigenvalue weighted by Gasteiger charge is -2.07. The van der Waals surface area contributed by atoms with Gasteiger partial charge in [0, 0.05) is 30.5 Å². The zero-order chi connectivity index (χ0) is 14.4. The van der Waals surface area contributed by atoms with Crippen LogP contribution in [0.4, 0.5) is 9.52 Å². The number of aromatic nitrogens is 2. The fraction of sp³-hybridized carbons (Fsp3) is 0.429. The number of benzene rings is 1. The van der Waals surface area contributed by atoms with E-state index in [4.69, 9.17) is 5.73 Å². The molecule has 0 saturated heterocycles. The summed E-state index contributed by atoms with van der Waals surface area (Å²) in [6.45, 7) is 2.87. The number of nitrogens with zero attached hydrogens (tertiary/aromatic N) is 2. The number of halogens is 1. The van der Waals surface area contributed by atoms with E-state index in [9.17, 15) is 4.39 Å². The summed E-state index contributed by atoms with van der Waals surface area (Å²) in [5, 5.41) is 4.01. The Bertz CT molecular complexity index is 543. The molecule has 0 saturated carbocycles. The normalized spacial score (nSPS) is 12.3. The predicted octanol–water partition coefficient (Wildman–Crippen LogP) is 2.81. The van der Waals surface area contributed by atoms with Crippen molar-refractivity contribution in [3.05, 3.63) is 41.5 Å². The van der Waals surface area contributed by atoms with E-state index < -0.39 is 0 Å². The Morgan fingerprint density at radius 2 is 2.30 bits per heavy atom. The highest BCUT2D eigenvalue weighted by atomic mass is 32.1. The maximum absolute atomic E-state index is 13.1. The first-order chi connectivity index (χ1) is 9.67. The minimum atomic E-state index is -0.232. The number of nitrogens with one attached hydrogen (secondary N) is 1. The second-order valence-electron chi connectivity index (χ2n) is 4.71. The first-order valence-corrected chi connectivity index (χ1v) is 7.51. The van der Waals surface area contributed by atoms with Gasteiger partial charge in [-0.05, 0) is 30.5 Å². The van der Waals surface area contributed by atoms with Gasteiger partial charge >= 0.3 is 0 Å². The average Bonchev–Trinajstić information content (AvgIpc) is 2.86. The summed E-state index contributed by atoms with van der Waals surface area (Å²) in [4.78, 5) is 4.39. The third-order valence-electron chi connectivity index (χ3n) is 3.04. The van der Waals surface area contributed by atoms with Gasteiger partial charge in [-0.1, -0.05) is 19.1 Å². The summed E-state index contributed by atoms with van der Waals surface area (Å²) in [6.07, 6.45) is 2.43. The quantitative estimate of drug-likeness (QED) is 0.824. The summed E-state index contributed by atoms with van der Waals surface area (Å²) in [6, 6.07) is 6.73. The molecule has 2 rings (SSSR count). The second-order valence-corrected chi connectivity index (χ2v) is 5.46. The van der Waals surface area contributed by atoms with Crippen molar-refractivity contribution in [3.63, 3.8) is 0 Å². The molecule has 0 fully saturated rings. The predicted molar refractivity (Wildman–Crippen MR) is 80.5 cm³/mol. The summed E-state index contributed by atoms with van der Waals surface area (Å²) in [7, 11) is 0. The molecule has 0 aliphatic rings. The first kappa shape index (κ1) is 14.9. The van der Waals surface area contributed by atoms with Crippen molar-refractivity contribution in [2.24, 2.45) is 5.73 Å². The molecule has 1 unspecified atom stereocenters. The number of hydrogen-bond donors (Lipinski definition) is 2. The van der Waals surface area contributed by atoms with E-state index in [0.29, 0.717) is 12.2 Å². The first-order valence-electron chi connectivity index (χ1n) is 6.74. The fourth-order valence-electron chi connectivity index (χ4n) is 1.80. The molecule has 108 valence electrons. The van der Waals surface area contributed by atoms with Gasteiger partial charge in [-0.25, -0.2) is 9.37 Å². The number of nitrogens with two attached hydrogens (primary N) is 1. The zero-order valence-electron chi connectivity index (χ0n) is 11.5. The van der Waals surface area contributed by atoms with Crippen molar-refractivity contribution >= 4 is 16.7 Å². The van der Waals surface area contributed by atoms with Crippen LogP contribution < -0.4 is 11.1 Å². The van der Waals surface area contributed by atoms with Crippen molar-refractivity contribution in [1.82, 2.24) is 9.36 Å². The molecule has 20 heavy (non-hydrogen) atoms. The zero-order valence-corrected chi connectivity index (χ0v) is 12.3. The molecule has 0 aliphatic carbocycles. The van der Waals surface area contributed by atoms with Gasteiger partial charge in [-0.15, -0.1) is 0 Å². The second kappa shape index (κ2) is 7.31. The van der Waals surface area contributed by atoms with E-state index in [-0.39, 0.29) is 11.9 Å². The summed E-state index contributed by atoms with van der Waals surface area (Å²) >= 11 is 1.33. The largest absolute Gasteiger partial charge is 0.360 e. The van der Waals surface area contributed by atoms with Crippen molar-refractivity contribution in [1.29, 1.82) is 0 Å². The smallest absolute Gasteiger partial charge is 0.202 e. The fourth-order valence-corrected chi connectivity index (χ4v) is 2.41. The van der Waals surface area contributed by atoms with E-state index in [0.717, 1.165) is 30.1 Å². The average molecular weight is 294 g/mol. The van der Waals surface area contributed by atoms with E-state index in [1.807, 2.05) is 6.07 Å². The molecule has 0 aliphatic heterocycles. The maximum atomic E-state index is 13.1. The number of hydrogen-bond acceptors (Lipinski definition) is 5. The van der Waals surface area contributed by atoms with Crippen LogP contribution in [-0.2, 0) is 6.42 Å². The van der Waals surface area contributed by atoms with Crippen LogP contribution in [0, 0.1) is 5.82 Å². The summed E-state index contributed by atoms with van der Waals surface area (Å²) in [5.41, 5.74) is 6.73. The van der Waals surface area contributed by atoms with Gasteiger partial charge < -0.3 is 11.1 Å². The molecule has 0 bridgehead atoms. The van der Waals surface area contributed by atoms with Gasteiger partial charge in [0.1, 0.15) is 11.6 Å². The molecule has 0 radical (unpaired) electrons. The van der Waals surface area contributed by atoms with Crippen LogP contribution in [-0.4, -0.2) is 21.9 Å². The SMILES string of the molecule is CCC(N)CCNc1nc(Cc2cccc(F)c2)ns1. The molecular weight excluding hydrogens is 275 g/mol. The van der Waals surface area contributed by atoms with Crippen LogP contribution in [0.3, 0.4) is 0 Å². The standard InChI is InChI=1S/C14H19FN4S/c1-2-12(16)6-7-17-14-18-13(19-20-14)9-10-4-3-5-11(15)8-10/h3-5,8,12H,2,6-7,9,16H2,1H3,(H,17,18,19). The van der Waals surface area contributed by atoms with Crippen molar-refractivity contribution in [2.45, 2.75) is 32.2 Å². The van der Waals surface area contributed by atoms with Crippen LogP contribution in [0.15, 0.2) is 24.3 Å². The third-order valence-corrected chi connectivity index (χ3v) is 3.75. The Morgan fingerprint density at radius 1 is 1.45 bits per heavy atom. The van der Waals surface area contributed by atoms with Gasteiger partial charge in [0.25, 0.3) is 0 Å². The van der Waals surface area contributed by atoms with Crippen LogP contribution >= 0.6 is 11.5 Å². The molecule has 3 N–H and O–H groups in total. The van der Waals surface area contributed by atoms with Crippen molar-refractivity contribution in [3.8, 4) is 0 Å². The summed E-state index contributed by atoms with van der Waals surface area (Å²) in [5.74, 6) is 0.479. The van der Waals surface area contributed by atoms with Crippen LogP contribution in [0.2, 0.25) is 0 Å². The number of rotatable bonds is 7. The Labute approximate surface area is 122 Å². The lowest BCUT2D eigenvalue weighted by Crippen LogP contribution is -2.22. The monoisotopic (exact) mass is 294 g/mol. The molecule has 0 spiro atoms. The van der Waals surface area contributed by atoms with E-state index in [1.165, 1.54) is 23.7 Å². The molecule has 2 aromatic rings. The minimum absolute atomic E-state index is 0.224. The molecular formula is C14H19FN4S. The molecule has 1 aromatic carbocycles. The Hall–Kier alpha value is -1.53. The van der Waals surface area contributed by atoms with Crippen LogP contribution in [0.25, 0.3) is 0 Å². The Morgan fingerprint density at radius 3 is 3.05 bits per heavy atom. The lowest BCUT2D eigenvalue weighted by atomic mass is 10.1. The maximum Gasteiger partial charge on any atom is 0.202 e. The van der Waals surface area contributed by atoms with Crippen LogP contribution in [0.5, 0.6) is 0 Å². The topological polar surface area (TPSA) is 63.8 Å². The van der Waals surface area contributed by atoms with Crippen molar-refractivity contribution < 1.29 is 4.39 Å². The molecule has 4 nitrogen and oxygen atoms in total. The minimum Gasteiger partial charge on any atom is -0.360 e. The third kappa shape index (κ3) is 4.54. The highest BCUT2D eigenvalue weighted by molar-refractivity contribution is 7.09. The van der Waals surface area contributed by atoms with Gasteiger partial charge in [0.2, 0.25) is 5.13 Å². The van der Waals surface area contributed by atoms with E-state index in [1.54, 1.807) is 6.07 Å². The molecule has 1 atom stereocenters. The Kier molecular flexibility index (Phi) is 5.43. The lowest BCUT2D eigenvalue weighted by molar-refractivity contribution is 0.613. The molecule has 1 aromatic heterocycles. The van der Waals surface area contributed by atoms with Gasteiger partial charge in [0.15, 0.2) is 0 Å². The van der Waals surface area contributed by atoms with E-state index >= 15 is 0 Å². The summed E-state index contributed by atoms with van der Waals surface area (Å²) < 4.78 is 17.4. The highest BCUT2D eigenvalue weighted by Crippen LogP contribution is 2.15.